The zero-order valence-corrected chi connectivity index (χ0v) is 9.01. The first-order valence-corrected chi connectivity index (χ1v) is 5.17. The fourth-order valence-corrected chi connectivity index (χ4v) is 1.96. The summed E-state index contributed by atoms with van der Waals surface area (Å²) in [5.41, 5.74) is 2.89. The van der Waals surface area contributed by atoms with Gasteiger partial charge >= 0.3 is 0 Å². The molecule has 2 atom stereocenters. The molecular weight excluding hydrogens is 156 g/mol. The van der Waals surface area contributed by atoms with Crippen molar-refractivity contribution in [1.82, 2.24) is 0 Å². The van der Waals surface area contributed by atoms with E-state index >= 15 is 0 Å². The van der Waals surface area contributed by atoms with E-state index in [0.717, 1.165) is 6.42 Å². The van der Waals surface area contributed by atoms with Gasteiger partial charge in [0, 0.05) is 0 Å². The van der Waals surface area contributed by atoms with Crippen LogP contribution in [0.4, 0.5) is 0 Å². The van der Waals surface area contributed by atoms with Gasteiger partial charge in [0.1, 0.15) is 0 Å². The summed E-state index contributed by atoms with van der Waals surface area (Å²) in [6, 6.07) is 0. The Labute approximate surface area is 82.0 Å². The van der Waals surface area contributed by atoms with Crippen LogP contribution in [0, 0.1) is 11.8 Å². The minimum Gasteiger partial charge on any atom is -0.0996 e. The summed E-state index contributed by atoms with van der Waals surface area (Å²) in [7, 11) is 0. The summed E-state index contributed by atoms with van der Waals surface area (Å²) in [5, 5.41) is 0. The predicted molar refractivity (Wildman–Crippen MR) is 59.6 cm³/mol. The first-order chi connectivity index (χ1) is 6.16. The first-order valence-electron chi connectivity index (χ1n) is 5.17. The number of hydrogen-bond acceptors (Lipinski definition) is 0. The Bertz CT molecular complexity index is 243. The molecule has 0 aromatic heterocycles. The van der Waals surface area contributed by atoms with Gasteiger partial charge in [0.2, 0.25) is 0 Å². The maximum absolute atomic E-state index is 4.13. The SMILES string of the molecule is C=C(CC)C(C)C1CC=CC=C1C. The van der Waals surface area contributed by atoms with Gasteiger partial charge in [0.15, 0.2) is 0 Å². The van der Waals surface area contributed by atoms with Crippen LogP contribution in [-0.4, -0.2) is 0 Å². The zero-order valence-electron chi connectivity index (χ0n) is 9.01. The molecule has 0 heterocycles. The average Bonchev–Trinajstić information content (AvgIpc) is 2.16. The highest BCUT2D eigenvalue weighted by Gasteiger charge is 2.20. The minimum atomic E-state index is 0.631. The van der Waals surface area contributed by atoms with E-state index in [-0.39, 0.29) is 0 Å². The van der Waals surface area contributed by atoms with Gasteiger partial charge in [-0.15, -0.1) is 0 Å². The molecule has 2 unspecified atom stereocenters. The summed E-state index contributed by atoms with van der Waals surface area (Å²) in [4.78, 5) is 0. The molecular formula is C13H20. The Balaban J connectivity index is 2.67. The van der Waals surface area contributed by atoms with Crippen LogP contribution in [-0.2, 0) is 0 Å². The van der Waals surface area contributed by atoms with Crippen LogP contribution in [0.1, 0.15) is 33.6 Å². The number of rotatable bonds is 3. The van der Waals surface area contributed by atoms with Crippen LogP contribution in [0.2, 0.25) is 0 Å². The Morgan fingerprint density at radius 2 is 2.38 bits per heavy atom. The second kappa shape index (κ2) is 4.45. The first kappa shape index (κ1) is 10.3. The molecule has 0 aromatic rings. The minimum absolute atomic E-state index is 0.631. The lowest BCUT2D eigenvalue weighted by Gasteiger charge is -2.26. The smallest absolute Gasteiger partial charge is 0.0105 e. The van der Waals surface area contributed by atoms with Gasteiger partial charge in [-0.25, -0.2) is 0 Å². The molecule has 0 radical (unpaired) electrons. The summed E-state index contributed by atoms with van der Waals surface area (Å²) in [6.07, 6.45) is 8.94. The fraction of sp³-hybridized carbons (Fsp3) is 0.538. The van der Waals surface area contributed by atoms with Gasteiger partial charge in [-0.1, -0.05) is 49.8 Å². The lowest BCUT2D eigenvalue weighted by atomic mass is 9.78. The van der Waals surface area contributed by atoms with Gasteiger partial charge in [0.05, 0.1) is 0 Å². The maximum atomic E-state index is 4.13. The standard InChI is InChI=1S/C13H20/c1-5-10(2)12(4)13-9-7-6-8-11(13)3/h6-8,12-13H,2,5,9H2,1,3-4H3. The topological polar surface area (TPSA) is 0 Å². The fourth-order valence-electron chi connectivity index (χ4n) is 1.96. The highest BCUT2D eigenvalue weighted by molar-refractivity contribution is 5.22. The van der Waals surface area contributed by atoms with E-state index in [1.807, 2.05) is 0 Å². The Morgan fingerprint density at radius 3 is 2.92 bits per heavy atom. The molecule has 1 rings (SSSR count). The van der Waals surface area contributed by atoms with Crippen LogP contribution in [0.15, 0.2) is 36.0 Å². The van der Waals surface area contributed by atoms with Crippen LogP contribution in [0.3, 0.4) is 0 Å². The van der Waals surface area contributed by atoms with Crippen molar-refractivity contribution in [2.45, 2.75) is 33.6 Å². The molecule has 0 heteroatoms. The molecule has 0 saturated heterocycles. The molecule has 0 saturated carbocycles. The monoisotopic (exact) mass is 176 g/mol. The Kier molecular flexibility index (Phi) is 3.53. The largest absolute Gasteiger partial charge is 0.0996 e. The van der Waals surface area contributed by atoms with Crippen LogP contribution in [0.25, 0.3) is 0 Å². The van der Waals surface area contributed by atoms with Crippen molar-refractivity contribution in [2.75, 3.05) is 0 Å². The number of allylic oxidation sites excluding steroid dienone is 5. The maximum Gasteiger partial charge on any atom is -0.0105 e. The molecule has 0 amide bonds. The van der Waals surface area contributed by atoms with Crippen molar-refractivity contribution in [3.05, 3.63) is 36.0 Å². The van der Waals surface area contributed by atoms with Crippen molar-refractivity contribution in [2.24, 2.45) is 11.8 Å². The van der Waals surface area contributed by atoms with Gasteiger partial charge in [-0.3, -0.25) is 0 Å². The summed E-state index contributed by atoms with van der Waals surface area (Å²) >= 11 is 0. The van der Waals surface area contributed by atoms with E-state index in [1.165, 1.54) is 17.6 Å². The van der Waals surface area contributed by atoms with Crippen LogP contribution < -0.4 is 0 Å². The molecule has 0 nitrogen and oxygen atoms in total. The molecule has 0 spiro atoms. The van der Waals surface area contributed by atoms with Crippen molar-refractivity contribution in [3.8, 4) is 0 Å². The molecule has 0 aliphatic heterocycles. The molecule has 1 aliphatic carbocycles. The van der Waals surface area contributed by atoms with Crippen LogP contribution >= 0.6 is 0 Å². The van der Waals surface area contributed by atoms with Gasteiger partial charge < -0.3 is 0 Å². The third kappa shape index (κ3) is 2.33. The van der Waals surface area contributed by atoms with Crippen molar-refractivity contribution >= 4 is 0 Å². The zero-order chi connectivity index (χ0) is 9.84. The van der Waals surface area contributed by atoms with E-state index in [4.69, 9.17) is 0 Å². The highest BCUT2D eigenvalue weighted by atomic mass is 14.2. The third-order valence-electron chi connectivity index (χ3n) is 3.17. The van der Waals surface area contributed by atoms with Gasteiger partial charge in [-0.2, -0.15) is 0 Å². The lowest BCUT2D eigenvalue weighted by molar-refractivity contribution is 0.458. The molecule has 0 bridgehead atoms. The average molecular weight is 176 g/mol. The van der Waals surface area contributed by atoms with E-state index in [2.05, 4.69) is 45.6 Å². The predicted octanol–water partition coefficient (Wildman–Crippen LogP) is 4.11. The summed E-state index contributed by atoms with van der Waals surface area (Å²) in [5.74, 6) is 1.32. The van der Waals surface area contributed by atoms with E-state index in [1.54, 1.807) is 0 Å². The van der Waals surface area contributed by atoms with Crippen LogP contribution in [0.5, 0.6) is 0 Å². The van der Waals surface area contributed by atoms with Gasteiger partial charge in [-0.05, 0) is 31.6 Å². The van der Waals surface area contributed by atoms with Crippen molar-refractivity contribution in [1.29, 1.82) is 0 Å². The lowest BCUT2D eigenvalue weighted by Crippen LogP contribution is -2.15. The van der Waals surface area contributed by atoms with Gasteiger partial charge in [0.25, 0.3) is 0 Å². The second-order valence-electron chi connectivity index (χ2n) is 3.98. The summed E-state index contributed by atoms with van der Waals surface area (Å²) < 4.78 is 0. The van der Waals surface area contributed by atoms with E-state index in [0.29, 0.717) is 11.8 Å². The molecule has 0 fully saturated rings. The highest BCUT2D eigenvalue weighted by Crippen LogP contribution is 2.32. The Morgan fingerprint density at radius 1 is 1.69 bits per heavy atom. The molecule has 72 valence electrons. The number of hydrogen-bond donors (Lipinski definition) is 0. The molecule has 1 aliphatic rings. The van der Waals surface area contributed by atoms with E-state index in [9.17, 15) is 0 Å². The third-order valence-corrected chi connectivity index (χ3v) is 3.17. The molecule has 0 aromatic carbocycles. The molecule has 13 heavy (non-hydrogen) atoms. The summed E-state index contributed by atoms with van der Waals surface area (Å²) in [6.45, 7) is 10.9. The van der Waals surface area contributed by atoms with E-state index < -0.39 is 0 Å². The second-order valence-corrected chi connectivity index (χ2v) is 3.98. The normalized spacial score (nSPS) is 23.9. The van der Waals surface area contributed by atoms with Crippen molar-refractivity contribution < 1.29 is 0 Å². The molecule has 0 N–H and O–H groups in total. The van der Waals surface area contributed by atoms with Crippen molar-refractivity contribution in [3.63, 3.8) is 0 Å². The Hall–Kier alpha value is -0.780. The quantitative estimate of drug-likeness (QED) is 0.568.